The van der Waals surface area contributed by atoms with Crippen LogP contribution in [0.15, 0.2) is 81.8 Å². The summed E-state index contributed by atoms with van der Waals surface area (Å²) < 4.78 is 25.9. The van der Waals surface area contributed by atoms with Gasteiger partial charge in [0, 0.05) is 16.8 Å². The molecule has 0 aliphatic heterocycles. The van der Waals surface area contributed by atoms with Gasteiger partial charge in [0.15, 0.2) is 11.6 Å². The third kappa shape index (κ3) is 4.33. The number of benzene rings is 3. The number of hydrogen-bond acceptors (Lipinski definition) is 9. The first kappa shape index (κ1) is 25.5. The third-order valence-electron chi connectivity index (χ3n) is 6.98. The number of hydrogen-bond donors (Lipinski definition) is 0. The Bertz CT molecular complexity index is 1950. The molecular weight excluding hydrogens is 533 g/mol. The zero-order valence-corrected chi connectivity index (χ0v) is 23.3. The number of aryl methyl sites for hydroxylation is 4. The minimum atomic E-state index is -0.380. The normalized spacial score (nSPS) is 11.5. The van der Waals surface area contributed by atoms with Crippen molar-refractivity contribution in [1.29, 1.82) is 0 Å². The molecule has 0 saturated heterocycles. The van der Waals surface area contributed by atoms with Crippen LogP contribution >= 0.6 is 0 Å². The molecule has 0 amide bonds. The molecule has 0 bridgehead atoms. The minimum Gasteiger partial charge on any atom is -0.350 e. The van der Waals surface area contributed by atoms with E-state index < -0.39 is 0 Å². The Morgan fingerprint density at radius 1 is 0.548 bits per heavy atom. The molecule has 7 aromatic rings. The van der Waals surface area contributed by atoms with Gasteiger partial charge in [0.2, 0.25) is 11.2 Å². The number of nitrogens with zero attached hydrogens (tertiary/aromatic N) is 7. The summed E-state index contributed by atoms with van der Waals surface area (Å²) in [5, 5.41) is 8.76. The van der Waals surface area contributed by atoms with Gasteiger partial charge in [-0.1, -0.05) is 70.0 Å². The van der Waals surface area contributed by atoms with Gasteiger partial charge in [-0.2, -0.15) is 0 Å². The fraction of sp³-hybridized carbons (Fsp3) is 0.125. The molecule has 0 fully saturated rings. The van der Waals surface area contributed by atoms with Crippen molar-refractivity contribution in [1.82, 2.24) is 30.2 Å². The first-order chi connectivity index (χ1) is 20.4. The second-order valence-electron chi connectivity index (χ2n) is 10.2. The standard InChI is InChI=1S/C32H24FN7O2/c1-17-5-9-21(10-6-17)25-27-29(41-38-25)31(36-19(3)34-27)40(24-15-13-23(33)14-16-24)32-30-28(35-20(4)37-32)26(39-42-30)22-11-7-18(2)8-12-22/h5-16H,1-4H3. The Morgan fingerprint density at radius 2 is 0.976 bits per heavy atom. The van der Waals surface area contributed by atoms with Crippen LogP contribution in [0.3, 0.4) is 0 Å². The fourth-order valence-corrected chi connectivity index (χ4v) is 4.89. The lowest BCUT2D eigenvalue weighted by atomic mass is 10.1. The number of fused-ring (bicyclic) bond motifs is 2. The zero-order valence-electron chi connectivity index (χ0n) is 23.3. The SMILES string of the molecule is Cc1ccc(-c2noc3c(N(c4ccc(F)cc4)c4nc(C)nc5c(-c6ccc(C)cc6)noc45)nc(C)nc23)cc1. The van der Waals surface area contributed by atoms with E-state index in [0.29, 0.717) is 62.6 Å². The predicted octanol–water partition coefficient (Wildman–Crippen LogP) is 7.73. The number of anilines is 3. The van der Waals surface area contributed by atoms with Crippen LogP contribution in [0.5, 0.6) is 0 Å². The topological polar surface area (TPSA) is 107 Å². The third-order valence-corrected chi connectivity index (χ3v) is 6.98. The van der Waals surface area contributed by atoms with Crippen molar-refractivity contribution in [3.8, 4) is 22.5 Å². The molecule has 3 aromatic carbocycles. The molecule has 0 saturated carbocycles. The van der Waals surface area contributed by atoms with Crippen LogP contribution < -0.4 is 4.90 Å². The van der Waals surface area contributed by atoms with E-state index in [1.165, 1.54) is 12.1 Å². The molecule has 42 heavy (non-hydrogen) atoms. The summed E-state index contributed by atoms with van der Waals surface area (Å²) in [5.41, 5.74) is 7.44. The van der Waals surface area contributed by atoms with Gasteiger partial charge in [0.05, 0.1) is 0 Å². The maximum absolute atomic E-state index is 14.1. The van der Waals surface area contributed by atoms with Crippen LogP contribution in [-0.2, 0) is 0 Å². The van der Waals surface area contributed by atoms with Crippen LogP contribution in [0.25, 0.3) is 44.7 Å². The van der Waals surface area contributed by atoms with Gasteiger partial charge in [-0.05, 0) is 52.0 Å². The summed E-state index contributed by atoms with van der Waals surface area (Å²) in [4.78, 5) is 20.7. The molecule has 0 aliphatic carbocycles. The predicted molar refractivity (Wildman–Crippen MR) is 157 cm³/mol. The van der Waals surface area contributed by atoms with Crippen LogP contribution in [0.1, 0.15) is 22.8 Å². The lowest BCUT2D eigenvalue weighted by molar-refractivity contribution is 0.457. The summed E-state index contributed by atoms with van der Waals surface area (Å²) in [6.07, 6.45) is 0. The van der Waals surface area contributed by atoms with E-state index in [1.54, 1.807) is 30.9 Å². The number of aromatic nitrogens is 6. The lowest BCUT2D eigenvalue weighted by Gasteiger charge is -2.23. The lowest BCUT2D eigenvalue weighted by Crippen LogP contribution is -2.15. The van der Waals surface area contributed by atoms with Crippen LogP contribution in [-0.4, -0.2) is 30.2 Å². The molecule has 0 aliphatic rings. The van der Waals surface area contributed by atoms with Crippen molar-refractivity contribution in [2.75, 3.05) is 4.90 Å². The summed E-state index contributed by atoms with van der Waals surface area (Å²) in [5.74, 6) is 1.32. The first-order valence-electron chi connectivity index (χ1n) is 13.3. The largest absolute Gasteiger partial charge is 0.350 e. The summed E-state index contributed by atoms with van der Waals surface area (Å²) in [7, 11) is 0. The second kappa shape index (κ2) is 9.84. The number of halogens is 1. The summed E-state index contributed by atoms with van der Waals surface area (Å²) >= 11 is 0. The number of rotatable bonds is 5. The quantitative estimate of drug-likeness (QED) is 0.210. The average molecular weight is 558 g/mol. The highest BCUT2D eigenvalue weighted by atomic mass is 19.1. The first-order valence-corrected chi connectivity index (χ1v) is 13.3. The van der Waals surface area contributed by atoms with Crippen molar-refractivity contribution < 1.29 is 13.4 Å². The van der Waals surface area contributed by atoms with Crippen molar-refractivity contribution in [2.24, 2.45) is 0 Å². The molecule has 0 atom stereocenters. The molecule has 4 heterocycles. The van der Waals surface area contributed by atoms with E-state index in [9.17, 15) is 4.39 Å². The van der Waals surface area contributed by atoms with E-state index in [-0.39, 0.29) is 5.82 Å². The molecule has 206 valence electrons. The Morgan fingerprint density at radius 3 is 1.40 bits per heavy atom. The molecule has 0 unspecified atom stereocenters. The van der Waals surface area contributed by atoms with Crippen molar-refractivity contribution in [3.63, 3.8) is 0 Å². The highest BCUT2D eigenvalue weighted by Crippen LogP contribution is 2.42. The van der Waals surface area contributed by atoms with Crippen LogP contribution in [0.2, 0.25) is 0 Å². The van der Waals surface area contributed by atoms with Crippen molar-refractivity contribution in [3.05, 3.63) is 101 Å². The van der Waals surface area contributed by atoms with E-state index in [1.807, 2.05) is 62.4 Å². The maximum Gasteiger partial charge on any atom is 0.229 e. The van der Waals surface area contributed by atoms with E-state index >= 15 is 0 Å². The van der Waals surface area contributed by atoms with Gasteiger partial charge in [-0.3, -0.25) is 4.90 Å². The van der Waals surface area contributed by atoms with Gasteiger partial charge >= 0.3 is 0 Å². The van der Waals surface area contributed by atoms with Gasteiger partial charge in [-0.25, -0.2) is 24.3 Å². The molecule has 9 nitrogen and oxygen atoms in total. The molecule has 0 spiro atoms. The zero-order chi connectivity index (χ0) is 29.0. The summed E-state index contributed by atoms with van der Waals surface area (Å²) in [6, 6.07) is 21.9. The van der Waals surface area contributed by atoms with E-state index in [4.69, 9.17) is 19.0 Å². The monoisotopic (exact) mass is 557 g/mol. The Balaban J connectivity index is 1.49. The molecule has 0 N–H and O–H groups in total. The van der Waals surface area contributed by atoms with Crippen molar-refractivity contribution in [2.45, 2.75) is 27.7 Å². The highest BCUT2D eigenvalue weighted by molar-refractivity contribution is 6.01. The van der Waals surface area contributed by atoms with Crippen LogP contribution in [0, 0.1) is 33.5 Å². The van der Waals surface area contributed by atoms with E-state index in [2.05, 4.69) is 20.3 Å². The summed E-state index contributed by atoms with van der Waals surface area (Å²) in [6.45, 7) is 7.63. The van der Waals surface area contributed by atoms with Gasteiger partial charge in [0.1, 0.15) is 39.9 Å². The van der Waals surface area contributed by atoms with Gasteiger partial charge in [-0.15, -0.1) is 0 Å². The fourth-order valence-electron chi connectivity index (χ4n) is 4.89. The van der Waals surface area contributed by atoms with Crippen molar-refractivity contribution >= 4 is 39.5 Å². The molecule has 10 heteroatoms. The second-order valence-corrected chi connectivity index (χ2v) is 10.2. The smallest absolute Gasteiger partial charge is 0.229 e. The maximum atomic E-state index is 14.1. The molecular formula is C32H24FN7O2. The Hall–Kier alpha value is -5.51. The van der Waals surface area contributed by atoms with E-state index in [0.717, 1.165) is 22.3 Å². The van der Waals surface area contributed by atoms with Crippen LogP contribution in [0.4, 0.5) is 21.7 Å². The Kier molecular flexibility index (Phi) is 5.97. The van der Waals surface area contributed by atoms with Gasteiger partial charge < -0.3 is 9.05 Å². The average Bonchev–Trinajstić information content (AvgIpc) is 3.60. The molecule has 0 radical (unpaired) electrons. The minimum absolute atomic E-state index is 0.336. The highest BCUT2D eigenvalue weighted by Gasteiger charge is 2.29. The molecule has 7 rings (SSSR count). The van der Waals surface area contributed by atoms with Gasteiger partial charge in [0.25, 0.3) is 0 Å². The Labute approximate surface area is 239 Å². The molecule has 4 aromatic heterocycles.